The third-order valence-corrected chi connectivity index (χ3v) is 4.63. The van der Waals surface area contributed by atoms with E-state index in [1.54, 1.807) is 6.20 Å². The van der Waals surface area contributed by atoms with Crippen LogP contribution in [-0.4, -0.2) is 42.4 Å². The fraction of sp³-hybridized carbons (Fsp3) is 0.714. The number of ether oxygens (including phenoxy) is 1. The summed E-state index contributed by atoms with van der Waals surface area (Å²) in [6, 6.07) is 3.95. The molecule has 1 heterocycles. The highest BCUT2D eigenvalue weighted by molar-refractivity contribution is 14.0. The van der Waals surface area contributed by atoms with Crippen LogP contribution in [0.4, 0.5) is 0 Å². The van der Waals surface area contributed by atoms with Crippen molar-refractivity contribution in [3.05, 3.63) is 23.9 Å². The Morgan fingerprint density at radius 2 is 2.14 bits per heavy atom. The van der Waals surface area contributed by atoms with Crippen LogP contribution in [0.1, 0.15) is 52.0 Å². The summed E-state index contributed by atoms with van der Waals surface area (Å²) in [7, 11) is 0. The van der Waals surface area contributed by atoms with Crippen molar-refractivity contribution in [1.82, 2.24) is 15.6 Å². The quantitative estimate of drug-likeness (QED) is 0.231. The van der Waals surface area contributed by atoms with Gasteiger partial charge in [-0.15, -0.1) is 24.0 Å². The van der Waals surface area contributed by atoms with Crippen LogP contribution in [0.2, 0.25) is 0 Å². The monoisotopic (exact) mass is 504 g/mol. The Labute approximate surface area is 187 Å². The number of halogens is 1. The van der Waals surface area contributed by atoms with Gasteiger partial charge in [0.05, 0.1) is 13.2 Å². The number of aliphatic imine (C=N–C) groups is 1. The minimum atomic E-state index is 0. The number of nitrogens with zero attached hydrogens (tertiary/aromatic N) is 2. The molecule has 3 N–H and O–H groups in total. The van der Waals surface area contributed by atoms with Gasteiger partial charge >= 0.3 is 0 Å². The molecule has 0 saturated heterocycles. The lowest BCUT2D eigenvalue weighted by atomic mass is 9.94. The summed E-state index contributed by atoms with van der Waals surface area (Å²) in [6.07, 6.45) is 6.24. The number of rotatable bonds is 12. The van der Waals surface area contributed by atoms with Gasteiger partial charge in [0.1, 0.15) is 0 Å². The number of aliphatic hydroxyl groups is 1. The molecular formula is C21H37IN4O2. The predicted molar refractivity (Wildman–Crippen MR) is 125 cm³/mol. The molecule has 1 aliphatic rings. The van der Waals surface area contributed by atoms with E-state index in [2.05, 4.69) is 36.4 Å². The Balaban J connectivity index is 0.00000392. The van der Waals surface area contributed by atoms with Crippen LogP contribution in [0.25, 0.3) is 0 Å². The van der Waals surface area contributed by atoms with E-state index < -0.39 is 0 Å². The summed E-state index contributed by atoms with van der Waals surface area (Å²) >= 11 is 0. The topological polar surface area (TPSA) is 78.8 Å². The lowest BCUT2D eigenvalue weighted by molar-refractivity contribution is 0.243. The lowest BCUT2D eigenvalue weighted by Crippen LogP contribution is -2.40. The maximum atomic E-state index is 9.29. The van der Waals surface area contributed by atoms with Crippen molar-refractivity contribution in [2.24, 2.45) is 22.7 Å². The zero-order valence-corrected chi connectivity index (χ0v) is 19.8. The first-order chi connectivity index (χ1) is 13.1. The summed E-state index contributed by atoms with van der Waals surface area (Å²) in [4.78, 5) is 8.98. The smallest absolute Gasteiger partial charge is 0.213 e. The Morgan fingerprint density at radius 1 is 1.36 bits per heavy atom. The third kappa shape index (κ3) is 10.5. The molecule has 1 aliphatic carbocycles. The van der Waals surface area contributed by atoms with Crippen molar-refractivity contribution in [2.75, 3.05) is 26.3 Å². The van der Waals surface area contributed by atoms with Crippen molar-refractivity contribution >= 4 is 29.9 Å². The molecule has 0 aliphatic heterocycles. The third-order valence-electron chi connectivity index (χ3n) is 4.63. The number of pyridine rings is 1. The van der Waals surface area contributed by atoms with Crippen LogP contribution in [0.15, 0.2) is 23.3 Å². The van der Waals surface area contributed by atoms with Crippen LogP contribution in [0, 0.1) is 17.8 Å². The molecule has 0 bridgehead atoms. The van der Waals surface area contributed by atoms with Gasteiger partial charge in [0.25, 0.3) is 0 Å². The number of hydrogen-bond acceptors (Lipinski definition) is 4. The minimum absolute atomic E-state index is 0. The van der Waals surface area contributed by atoms with Gasteiger partial charge in [-0.05, 0) is 62.0 Å². The summed E-state index contributed by atoms with van der Waals surface area (Å²) < 4.78 is 5.75. The maximum Gasteiger partial charge on any atom is 0.213 e. The Kier molecular flexibility index (Phi) is 12.5. The van der Waals surface area contributed by atoms with Crippen molar-refractivity contribution < 1.29 is 9.84 Å². The highest BCUT2D eigenvalue weighted by Gasteiger charge is 2.22. The van der Waals surface area contributed by atoms with Gasteiger partial charge in [-0.1, -0.05) is 13.8 Å². The molecule has 0 aromatic carbocycles. The highest BCUT2D eigenvalue weighted by Crippen LogP contribution is 2.29. The van der Waals surface area contributed by atoms with Crippen molar-refractivity contribution in [2.45, 2.75) is 53.0 Å². The molecule has 160 valence electrons. The van der Waals surface area contributed by atoms with E-state index in [1.165, 1.54) is 12.8 Å². The van der Waals surface area contributed by atoms with Crippen LogP contribution in [-0.2, 0) is 6.54 Å². The van der Waals surface area contributed by atoms with Gasteiger partial charge in [-0.2, -0.15) is 0 Å². The van der Waals surface area contributed by atoms with Crippen LogP contribution in [0.3, 0.4) is 0 Å². The number of aliphatic hydroxyl groups excluding tert-OH is 1. The van der Waals surface area contributed by atoms with E-state index in [0.29, 0.717) is 24.3 Å². The van der Waals surface area contributed by atoms with Crippen LogP contribution < -0.4 is 15.4 Å². The molecule has 0 radical (unpaired) electrons. The molecule has 28 heavy (non-hydrogen) atoms. The fourth-order valence-electron chi connectivity index (χ4n) is 3.02. The Hall–Kier alpha value is -1.09. The van der Waals surface area contributed by atoms with Crippen molar-refractivity contribution in [3.63, 3.8) is 0 Å². The largest absolute Gasteiger partial charge is 0.477 e. The molecule has 1 aromatic heterocycles. The molecule has 1 fully saturated rings. The average molecular weight is 504 g/mol. The molecule has 6 nitrogen and oxygen atoms in total. The van der Waals surface area contributed by atoms with E-state index >= 15 is 0 Å². The van der Waals surface area contributed by atoms with Crippen molar-refractivity contribution in [3.8, 4) is 5.88 Å². The van der Waals surface area contributed by atoms with Crippen molar-refractivity contribution in [1.29, 1.82) is 0 Å². The van der Waals surface area contributed by atoms with E-state index in [-0.39, 0.29) is 30.6 Å². The van der Waals surface area contributed by atoms with Crippen LogP contribution >= 0.6 is 24.0 Å². The average Bonchev–Trinajstić information content (AvgIpc) is 3.47. The Morgan fingerprint density at radius 3 is 2.79 bits per heavy atom. The van der Waals surface area contributed by atoms with E-state index in [9.17, 15) is 5.11 Å². The second kappa shape index (κ2) is 14.0. The highest BCUT2D eigenvalue weighted by atomic mass is 127. The summed E-state index contributed by atoms with van der Waals surface area (Å²) in [5.41, 5.74) is 1.09. The van der Waals surface area contributed by atoms with E-state index in [4.69, 9.17) is 9.73 Å². The standard InChI is InChI=1S/C21H36N4O2.HI/c1-4-22-21(25-14-19(8-10-26)11-16(2)3)24-13-18-7-9-23-20(12-18)27-15-17-5-6-17;/h7,9,12,16-17,19,26H,4-6,8,10-11,13-15H2,1-3H3,(H2,22,24,25);1H. The first-order valence-electron chi connectivity index (χ1n) is 10.3. The zero-order chi connectivity index (χ0) is 19.5. The minimum Gasteiger partial charge on any atom is -0.477 e. The molecule has 1 unspecified atom stereocenters. The predicted octanol–water partition coefficient (Wildman–Crippen LogP) is 3.59. The van der Waals surface area contributed by atoms with Gasteiger partial charge in [-0.3, -0.25) is 0 Å². The molecule has 1 saturated carbocycles. The normalized spacial score (nSPS) is 15.1. The maximum absolute atomic E-state index is 9.29. The summed E-state index contributed by atoms with van der Waals surface area (Å²) in [6.45, 7) is 9.70. The fourth-order valence-corrected chi connectivity index (χ4v) is 3.02. The second-order valence-electron chi connectivity index (χ2n) is 7.84. The molecule has 0 amide bonds. The number of aromatic nitrogens is 1. The zero-order valence-electron chi connectivity index (χ0n) is 17.5. The second-order valence-corrected chi connectivity index (χ2v) is 7.84. The first-order valence-corrected chi connectivity index (χ1v) is 10.3. The van der Waals surface area contributed by atoms with Crippen LogP contribution in [0.5, 0.6) is 5.88 Å². The summed E-state index contributed by atoms with van der Waals surface area (Å²) in [5, 5.41) is 16.0. The summed E-state index contributed by atoms with van der Waals surface area (Å²) in [5.74, 6) is 3.28. The lowest BCUT2D eigenvalue weighted by Gasteiger charge is -2.20. The molecule has 2 rings (SSSR count). The Bertz CT molecular complexity index is 579. The number of nitrogens with one attached hydrogen (secondary N) is 2. The SMILES string of the molecule is CCNC(=NCc1ccnc(OCC2CC2)c1)NCC(CCO)CC(C)C.I. The molecule has 7 heteroatoms. The number of hydrogen-bond donors (Lipinski definition) is 3. The van der Waals surface area contributed by atoms with Gasteiger partial charge in [0.2, 0.25) is 5.88 Å². The molecule has 1 aromatic rings. The van der Waals surface area contributed by atoms with E-state index in [0.717, 1.165) is 50.0 Å². The molecule has 0 spiro atoms. The van der Waals surface area contributed by atoms with Gasteiger partial charge in [-0.25, -0.2) is 9.98 Å². The number of guanidine groups is 1. The first kappa shape index (κ1) is 24.9. The molecule has 1 atom stereocenters. The van der Waals surface area contributed by atoms with Gasteiger partial charge in [0.15, 0.2) is 5.96 Å². The van der Waals surface area contributed by atoms with Gasteiger partial charge in [0, 0.05) is 32.0 Å². The van der Waals surface area contributed by atoms with E-state index in [1.807, 2.05) is 12.1 Å². The van der Waals surface area contributed by atoms with Gasteiger partial charge < -0.3 is 20.5 Å². The molecular weight excluding hydrogens is 467 g/mol.